The molecule has 0 heterocycles. The van der Waals surface area contributed by atoms with E-state index in [-0.39, 0.29) is 18.4 Å². The van der Waals surface area contributed by atoms with Crippen molar-refractivity contribution in [2.45, 2.75) is 52.2 Å². The smallest absolute Gasteiger partial charge is 0.261 e. The number of halogens is 1. The number of amides is 2. The van der Waals surface area contributed by atoms with Gasteiger partial charge in [-0.05, 0) is 62.6 Å². The number of carbonyl (C=O) groups excluding carboxylic acids is 2. The van der Waals surface area contributed by atoms with Crippen LogP contribution in [0.25, 0.3) is 0 Å². The van der Waals surface area contributed by atoms with E-state index >= 15 is 0 Å². The molecule has 0 fully saturated rings. The highest BCUT2D eigenvalue weighted by molar-refractivity contribution is 6.30. The highest BCUT2D eigenvalue weighted by Gasteiger charge is 2.32. The van der Waals surface area contributed by atoms with E-state index < -0.39 is 11.6 Å². The van der Waals surface area contributed by atoms with Crippen LogP contribution in [0.3, 0.4) is 0 Å². The summed E-state index contributed by atoms with van der Waals surface area (Å²) < 4.78 is 5.77. The maximum atomic E-state index is 13.6. The molecule has 0 aliphatic carbocycles. The second kappa shape index (κ2) is 11.9. The fraction of sp³-hybridized carbons (Fsp3) is 0.310. The Morgan fingerprint density at radius 1 is 0.971 bits per heavy atom. The number of aryl methyl sites for hydroxylation is 1. The zero-order valence-electron chi connectivity index (χ0n) is 20.8. The molecule has 184 valence electrons. The van der Waals surface area contributed by atoms with Crippen molar-refractivity contribution in [1.82, 2.24) is 10.2 Å². The van der Waals surface area contributed by atoms with E-state index in [2.05, 4.69) is 5.32 Å². The van der Waals surface area contributed by atoms with Crippen molar-refractivity contribution in [1.29, 1.82) is 0 Å². The number of carbonyl (C=O) groups is 2. The predicted molar refractivity (Wildman–Crippen MR) is 141 cm³/mol. The summed E-state index contributed by atoms with van der Waals surface area (Å²) in [5.41, 5.74) is 2.56. The minimum atomic E-state index is -0.716. The van der Waals surface area contributed by atoms with E-state index in [1.54, 1.807) is 29.2 Å². The molecule has 0 saturated carbocycles. The number of rotatable bonds is 9. The first-order valence-corrected chi connectivity index (χ1v) is 12.1. The summed E-state index contributed by atoms with van der Waals surface area (Å²) in [6.07, 6.45) is 0.386. The van der Waals surface area contributed by atoms with E-state index in [1.165, 1.54) is 0 Å². The van der Waals surface area contributed by atoms with Gasteiger partial charge in [0.1, 0.15) is 11.8 Å². The first-order valence-electron chi connectivity index (χ1n) is 11.7. The summed E-state index contributed by atoms with van der Waals surface area (Å²) in [6.45, 7) is 7.88. The first-order chi connectivity index (χ1) is 16.6. The monoisotopic (exact) mass is 492 g/mol. The van der Waals surface area contributed by atoms with E-state index in [1.807, 2.05) is 82.3 Å². The zero-order valence-corrected chi connectivity index (χ0v) is 21.5. The molecule has 35 heavy (non-hydrogen) atoms. The molecule has 0 bridgehead atoms. The van der Waals surface area contributed by atoms with Crippen LogP contribution < -0.4 is 10.1 Å². The molecular weight excluding hydrogens is 460 g/mol. The molecule has 6 heteroatoms. The van der Waals surface area contributed by atoms with Crippen LogP contribution in [0.5, 0.6) is 5.75 Å². The fourth-order valence-corrected chi connectivity index (χ4v) is 3.94. The third kappa shape index (κ3) is 8.15. The van der Waals surface area contributed by atoms with Gasteiger partial charge in [0.25, 0.3) is 5.91 Å². The number of benzene rings is 3. The minimum Gasteiger partial charge on any atom is -0.484 e. The Labute approximate surface area is 213 Å². The lowest BCUT2D eigenvalue weighted by Crippen LogP contribution is -2.55. The highest BCUT2D eigenvalue weighted by atomic mass is 35.5. The lowest BCUT2D eigenvalue weighted by molar-refractivity contribution is -0.143. The molecule has 1 atom stereocenters. The van der Waals surface area contributed by atoms with E-state index in [4.69, 9.17) is 16.3 Å². The maximum Gasteiger partial charge on any atom is 0.261 e. The first kappa shape index (κ1) is 26.3. The highest BCUT2D eigenvalue weighted by Crippen LogP contribution is 2.20. The average Bonchev–Trinajstić information content (AvgIpc) is 2.80. The largest absolute Gasteiger partial charge is 0.484 e. The average molecular weight is 493 g/mol. The number of hydrogen-bond donors (Lipinski definition) is 1. The lowest BCUT2D eigenvalue weighted by atomic mass is 10.00. The van der Waals surface area contributed by atoms with Gasteiger partial charge in [-0.3, -0.25) is 9.59 Å². The second-order valence-electron chi connectivity index (χ2n) is 9.64. The molecule has 0 aliphatic heterocycles. The Bertz CT molecular complexity index is 1140. The Balaban J connectivity index is 1.94. The summed E-state index contributed by atoms with van der Waals surface area (Å²) in [4.78, 5) is 28.8. The van der Waals surface area contributed by atoms with Gasteiger partial charge in [0.15, 0.2) is 6.61 Å². The summed E-state index contributed by atoms with van der Waals surface area (Å²) in [6, 6.07) is 23.8. The van der Waals surface area contributed by atoms with Gasteiger partial charge in [0.2, 0.25) is 5.91 Å². The van der Waals surface area contributed by atoms with Crippen molar-refractivity contribution in [3.05, 3.63) is 101 Å². The molecule has 0 spiro atoms. The minimum absolute atomic E-state index is 0.203. The van der Waals surface area contributed by atoms with Crippen molar-refractivity contribution in [2.75, 3.05) is 6.61 Å². The van der Waals surface area contributed by atoms with Crippen molar-refractivity contribution in [3.8, 4) is 5.75 Å². The molecule has 2 amide bonds. The van der Waals surface area contributed by atoms with E-state index in [9.17, 15) is 9.59 Å². The van der Waals surface area contributed by atoms with Crippen molar-refractivity contribution in [3.63, 3.8) is 0 Å². The van der Waals surface area contributed by atoms with Gasteiger partial charge in [-0.1, -0.05) is 72.3 Å². The number of nitrogens with one attached hydrogen (secondary N) is 1. The van der Waals surface area contributed by atoms with E-state index in [0.29, 0.717) is 23.7 Å². The molecule has 3 aromatic rings. The van der Waals surface area contributed by atoms with Gasteiger partial charge < -0.3 is 15.0 Å². The van der Waals surface area contributed by atoms with Crippen molar-refractivity contribution >= 4 is 23.4 Å². The number of hydrogen-bond acceptors (Lipinski definition) is 3. The standard InChI is InChI=1S/C29H33ClN2O3/c1-21-11-8-9-14-23(21)19-32(27(33)20-35-25-16-10-15-24(30)18-25)26(28(34)31-29(2,3)4)17-22-12-6-5-7-13-22/h5-16,18,26H,17,19-20H2,1-4H3,(H,31,34)/t26-/m1/s1. The molecule has 0 radical (unpaired) electrons. The molecule has 5 nitrogen and oxygen atoms in total. The van der Waals surface area contributed by atoms with Crippen molar-refractivity contribution < 1.29 is 14.3 Å². The van der Waals surface area contributed by atoms with Gasteiger partial charge in [-0.25, -0.2) is 0 Å². The summed E-state index contributed by atoms with van der Waals surface area (Å²) >= 11 is 6.06. The molecule has 1 N–H and O–H groups in total. The molecule has 0 unspecified atom stereocenters. The molecule has 3 rings (SSSR count). The van der Waals surface area contributed by atoms with Gasteiger partial charge in [0.05, 0.1) is 0 Å². The number of nitrogens with zero attached hydrogens (tertiary/aromatic N) is 1. The quantitative estimate of drug-likeness (QED) is 0.424. The van der Waals surface area contributed by atoms with E-state index in [0.717, 1.165) is 16.7 Å². The Morgan fingerprint density at radius 2 is 1.66 bits per heavy atom. The predicted octanol–water partition coefficient (Wildman–Crippen LogP) is 5.58. The van der Waals surface area contributed by atoms with Crippen LogP contribution in [0.2, 0.25) is 5.02 Å². The summed E-state index contributed by atoms with van der Waals surface area (Å²) in [7, 11) is 0. The second-order valence-corrected chi connectivity index (χ2v) is 10.1. The SMILES string of the molecule is Cc1ccccc1CN(C(=O)COc1cccc(Cl)c1)[C@H](Cc1ccccc1)C(=O)NC(C)(C)C. The third-order valence-corrected chi connectivity index (χ3v) is 5.76. The normalized spacial score (nSPS) is 12.0. The Kier molecular flexibility index (Phi) is 8.94. The lowest BCUT2D eigenvalue weighted by Gasteiger charge is -2.34. The zero-order chi connectivity index (χ0) is 25.4. The molecule has 0 saturated heterocycles. The van der Waals surface area contributed by atoms with Gasteiger partial charge in [-0.15, -0.1) is 0 Å². The third-order valence-electron chi connectivity index (χ3n) is 5.53. The van der Waals surface area contributed by atoms with Gasteiger partial charge >= 0.3 is 0 Å². The Morgan fingerprint density at radius 3 is 2.31 bits per heavy atom. The van der Waals surface area contributed by atoms with Crippen LogP contribution in [0.4, 0.5) is 0 Å². The van der Waals surface area contributed by atoms with Crippen LogP contribution in [0.15, 0.2) is 78.9 Å². The summed E-state index contributed by atoms with van der Waals surface area (Å²) in [5, 5.41) is 3.59. The van der Waals surface area contributed by atoms with Crippen LogP contribution >= 0.6 is 11.6 Å². The van der Waals surface area contributed by atoms with Crippen LogP contribution in [0.1, 0.15) is 37.5 Å². The molecular formula is C29H33ClN2O3. The maximum absolute atomic E-state index is 13.6. The summed E-state index contributed by atoms with van der Waals surface area (Å²) in [5.74, 6) is 0.0182. The van der Waals surface area contributed by atoms with Crippen molar-refractivity contribution in [2.24, 2.45) is 0 Å². The van der Waals surface area contributed by atoms with Crippen LogP contribution in [-0.4, -0.2) is 34.9 Å². The number of ether oxygens (including phenoxy) is 1. The van der Waals surface area contributed by atoms with Gasteiger partial charge in [0, 0.05) is 23.5 Å². The topological polar surface area (TPSA) is 58.6 Å². The molecule has 0 aliphatic rings. The molecule has 0 aromatic heterocycles. The Hall–Kier alpha value is -3.31. The van der Waals surface area contributed by atoms with Crippen LogP contribution in [0, 0.1) is 6.92 Å². The fourth-order valence-electron chi connectivity index (χ4n) is 3.76. The van der Waals surface area contributed by atoms with Crippen LogP contribution in [-0.2, 0) is 22.6 Å². The molecule has 3 aromatic carbocycles. The van der Waals surface area contributed by atoms with Gasteiger partial charge in [-0.2, -0.15) is 0 Å².